The zero-order valence-electron chi connectivity index (χ0n) is 15.0. The van der Waals surface area contributed by atoms with Crippen molar-refractivity contribution in [3.63, 3.8) is 0 Å². The molecule has 22 heavy (non-hydrogen) atoms. The van der Waals surface area contributed by atoms with Gasteiger partial charge in [-0.1, -0.05) is 20.8 Å². The van der Waals surface area contributed by atoms with Crippen LogP contribution < -0.4 is 0 Å². The highest BCUT2D eigenvalue weighted by Crippen LogP contribution is 2.35. The van der Waals surface area contributed by atoms with Crippen LogP contribution in [0, 0.1) is 0 Å². The highest BCUT2D eigenvalue weighted by Gasteiger charge is 2.39. The largest absolute Gasteiger partial charge is 0.373 e. The summed E-state index contributed by atoms with van der Waals surface area (Å²) in [5.74, 6) is 0. The fourth-order valence-electron chi connectivity index (χ4n) is 3.19. The van der Waals surface area contributed by atoms with Crippen LogP contribution in [0.3, 0.4) is 0 Å². The van der Waals surface area contributed by atoms with Crippen LogP contribution in [0.25, 0.3) is 0 Å². The number of hydrogen-bond donors (Lipinski definition) is 0. The Balaban J connectivity index is 1.85. The predicted molar refractivity (Wildman–Crippen MR) is 87.2 cm³/mol. The number of rotatable bonds is 12. The molecule has 2 fully saturated rings. The van der Waals surface area contributed by atoms with Crippen LogP contribution >= 0.6 is 0 Å². The minimum Gasteiger partial charge on any atom is -0.373 e. The summed E-state index contributed by atoms with van der Waals surface area (Å²) < 4.78 is 23.3. The molecule has 4 unspecified atom stereocenters. The summed E-state index contributed by atoms with van der Waals surface area (Å²) in [7, 11) is 0. The average molecular weight is 314 g/mol. The van der Waals surface area contributed by atoms with Crippen LogP contribution in [-0.2, 0) is 18.9 Å². The summed E-state index contributed by atoms with van der Waals surface area (Å²) in [4.78, 5) is 0. The Hall–Kier alpha value is -0.160. The van der Waals surface area contributed by atoms with Crippen LogP contribution in [0.15, 0.2) is 0 Å². The average Bonchev–Trinajstić information content (AvgIpc) is 3.38. The lowest BCUT2D eigenvalue weighted by atomic mass is 9.90. The molecule has 4 nitrogen and oxygen atoms in total. The zero-order valence-corrected chi connectivity index (χ0v) is 15.0. The van der Waals surface area contributed by atoms with Crippen molar-refractivity contribution in [2.24, 2.45) is 0 Å². The topological polar surface area (TPSA) is 43.5 Å². The SMILES string of the molecule is CCC(C)(CC(C)OC(CC)(CC)CC1CO1)OCC1CO1. The molecule has 0 amide bonds. The first-order valence-electron chi connectivity index (χ1n) is 8.99. The molecular weight excluding hydrogens is 280 g/mol. The van der Waals surface area contributed by atoms with Crippen molar-refractivity contribution in [3.05, 3.63) is 0 Å². The second-order valence-electron chi connectivity index (χ2n) is 7.25. The van der Waals surface area contributed by atoms with Gasteiger partial charge in [0.25, 0.3) is 0 Å². The summed E-state index contributed by atoms with van der Waals surface area (Å²) in [6, 6.07) is 0. The van der Waals surface area contributed by atoms with Crippen LogP contribution in [0.4, 0.5) is 0 Å². The van der Waals surface area contributed by atoms with Gasteiger partial charge in [0.15, 0.2) is 0 Å². The second-order valence-corrected chi connectivity index (χ2v) is 7.25. The van der Waals surface area contributed by atoms with Gasteiger partial charge in [0.2, 0.25) is 0 Å². The summed E-state index contributed by atoms with van der Waals surface area (Å²) in [5, 5.41) is 0. The van der Waals surface area contributed by atoms with E-state index in [1.54, 1.807) is 0 Å². The Labute approximate surface area is 135 Å². The Morgan fingerprint density at radius 2 is 1.64 bits per heavy atom. The van der Waals surface area contributed by atoms with E-state index in [1.165, 1.54) is 0 Å². The molecule has 2 aliphatic heterocycles. The lowest BCUT2D eigenvalue weighted by molar-refractivity contribution is -0.136. The Morgan fingerprint density at radius 1 is 1.05 bits per heavy atom. The van der Waals surface area contributed by atoms with Crippen LogP contribution in [0.2, 0.25) is 0 Å². The molecule has 0 bridgehead atoms. The Bertz CT molecular complexity index is 334. The van der Waals surface area contributed by atoms with Gasteiger partial charge in [-0.15, -0.1) is 0 Å². The maximum Gasteiger partial charge on any atom is 0.104 e. The lowest BCUT2D eigenvalue weighted by Gasteiger charge is -2.38. The van der Waals surface area contributed by atoms with Gasteiger partial charge in [0.1, 0.15) is 6.10 Å². The number of ether oxygens (including phenoxy) is 4. The minimum atomic E-state index is -0.130. The smallest absolute Gasteiger partial charge is 0.104 e. The summed E-state index contributed by atoms with van der Waals surface area (Å²) in [6.07, 6.45) is 5.91. The van der Waals surface area contributed by atoms with Gasteiger partial charge in [-0.05, 0) is 33.1 Å². The molecule has 0 aromatic heterocycles. The number of epoxide rings is 2. The maximum absolute atomic E-state index is 6.52. The van der Waals surface area contributed by atoms with E-state index < -0.39 is 0 Å². The number of hydrogen-bond acceptors (Lipinski definition) is 4. The molecule has 0 N–H and O–H groups in total. The third-order valence-corrected chi connectivity index (χ3v) is 5.23. The van der Waals surface area contributed by atoms with Crippen molar-refractivity contribution >= 4 is 0 Å². The third-order valence-electron chi connectivity index (χ3n) is 5.23. The van der Waals surface area contributed by atoms with Gasteiger partial charge < -0.3 is 18.9 Å². The van der Waals surface area contributed by atoms with Crippen LogP contribution in [-0.4, -0.2) is 49.3 Å². The molecule has 0 aromatic rings. The minimum absolute atomic E-state index is 0.0468. The molecule has 0 spiro atoms. The molecule has 0 radical (unpaired) electrons. The third kappa shape index (κ3) is 5.48. The lowest BCUT2D eigenvalue weighted by Crippen LogP contribution is -2.40. The van der Waals surface area contributed by atoms with E-state index in [0.717, 1.165) is 45.3 Å². The van der Waals surface area contributed by atoms with E-state index in [9.17, 15) is 0 Å². The van der Waals surface area contributed by atoms with Gasteiger partial charge >= 0.3 is 0 Å². The monoisotopic (exact) mass is 314 g/mol. The van der Waals surface area contributed by atoms with E-state index in [2.05, 4.69) is 34.6 Å². The summed E-state index contributed by atoms with van der Waals surface area (Å²) in [5.41, 5.74) is -0.177. The predicted octanol–water partition coefficient (Wildman–Crippen LogP) is 3.71. The zero-order chi connectivity index (χ0) is 16.2. The Kier molecular flexibility index (Phi) is 6.29. The molecule has 2 saturated heterocycles. The van der Waals surface area contributed by atoms with E-state index in [0.29, 0.717) is 18.8 Å². The van der Waals surface area contributed by atoms with Crippen molar-refractivity contribution in [3.8, 4) is 0 Å². The van der Waals surface area contributed by atoms with Gasteiger partial charge in [-0.25, -0.2) is 0 Å². The molecule has 0 saturated carbocycles. The second kappa shape index (κ2) is 7.61. The molecule has 0 aromatic carbocycles. The first-order chi connectivity index (χ1) is 10.4. The molecule has 130 valence electrons. The highest BCUT2D eigenvalue weighted by molar-refractivity contribution is 4.88. The highest BCUT2D eigenvalue weighted by atomic mass is 16.6. The molecule has 0 aliphatic carbocycles. The summed E-state index contributed by atoms with van der Waals surface area (Å²) in [6.45, 7) is 13.5. The quantitative estimate of drug-likeness (QED) is 0.515. The van der Waals surface area contributed by atoms with Crippen molar-refractivity contribution < 1.29 is 18.9 Å². The van der Waals surface area contributed by atoms with Crippen LogP contribution in [0.1, 0.15) is 66.7 Å². The van der Waals surface area contributed by atoms with Crippen LogP contribution in [0.5, 0.6) is 0 Å². The van der Waals surface area contributed by atoms with E-state index in [-0.39, 0.29) is 17.3 Å². The molecule has 4 atom stereocenters. The molecular formula is C18H34O4. The van der Waals surface area contributed by atoms with Crippen molar-refractivity contribution in [1.82, 2.24) is 0 Å². The van der Waals surface area contributed by atoms with Gasteiger partial charge in [-0.3, -0.25) is 0 Å². The fraction of sp³-hybridized carbons (Fsp3) is 1.00. The molecule has 2 aliphatic rings. The van der Waals surface area contributed by atoms with Crippen molar-refractivity contribution in [2.45, 2.75) is 96.2 Å². The molecule has 2 rings (SSSR count). The van der Waals surface area contributed by atoms with E-state index >= 15 is 0 Å². The first kappa shape index (κ1) is 18.2. The normalized spacial score (nSPS) is 28.2. The van der Waals surface area contributed by atoms with Crippen molar-refractivity contribution in [2.75, 3.05) is 19.8 Å². The fourth-order valence-corrected chi connectivity index (χ4v) is 3.19. The molecule has 2 heterocycles. The van der Waals surface area contributed by atoms with Gasteiger partial charge in [0, 0.05) is 12.8 Å². The maximum atomic E-state index is 6.52. The standard InChI is InChI=1S/C18H34O4/c1-6-17(5,21-13-16-12-20-16)9-14(4)22-18(7-2,8-3)10-15-11-19-15/h14-16H,6-13H2,1-5H3. The summed E-state index contributed by atoms with van der Waals surface area (Å²) >= 11 is 0. The van der Waals surface area contributed by atoms with E-state index in [1.807, 2.05) is 0 Å². The Morgan fingerprint density at radius 3 is 2.09 bits per heavy atom. The van der Waals surface area contributed by atoms with Gasteiger partial charge in [0.05, 0.1) is 43.2 Å². The molecule has 4 heteroatoms. The van der Waals surface area contributed by atoms with Crippen molar-refractivity contribution in [1.29, 1.82) is 0 Å². The van der Waals surface area contributed by atoms with E-state index in [4.69, 9.17) is 18.9 Å². The first-order valence-corrected chi connectivity index (χ1v) is 8.99. The van der Waals surface area contributed by atoms with Gasteiger partial charge in [-0.2, -0.15) is 0 Å².